The van der Waals surface area contributed by atoms with Crippen molar-refractivity contribution in [1.29, 1.82) is 0 Å². The maximum Gasteiger partial charge on any atom is 0.177 e. The van der Waals surface area contributed by atoms with E-state index in [1.54, 1.807) is 0 Å². The van der Waals surface area contributed by atoms with Crippen LogP contribution >= 0.6 is 0 Å². The minimum absolute atomic E-state index is 0.172. The Morgan fingerprint density at radius 2 is 1.97 bits per heavy atom. The van der Waals surface area contributed by atoms with Gasteiger partial charge in [-0.15, -0.1) is 5.10 Å². The van der Waals surface area contributed by atoms with Gasteiger partial charge in [-0.25, -0.2) is 0 Å². The fourth-order valence-electron chi connectivity index (χ4n) is 4.28. The first-order valence-electron chi connectivity index (χ1n) is 10.3. The Hall–Kier alpha value is -3.19. The Labute approximate surface area is 175 Å². The lowest BCUT2D eigenvalue weighted by atomic mass is 9.96. The van der Waals surface area contributed by atoms with Crippen molar-refractivity contribution in [3.63, 3.8) is 0 Å². The van der Waals surface area contributed by atoms with Crippen molar-refractivity contribution in [3.05, 3.63) is 42.1 Å². The van der Waals surface area contributed by atoms with Crippen LogP contribution in [0.15, 0.2) is 41.1 Å². The van der Waals surface area contributed by atoms with Crippen molar-refractivity contribution in [2.24, 2.45) is 0 Å². The van der Waals surface area contributed by atoms with Gasteiger partial charge >= 0.3 is 0 Å². The molecule has 0 bridgehead atoms. The molecule has 4 aromatic rings. The molecule has 1 N–H and O–H groups in total. The summed E-state index contributed by atoms with van der Waals surface area (Å²) in [5, 5.41) is 19.2. The number of fused-ring (bicyclic) bond motifs is 2. The quantitative estimate of drug-likeness (QED) is 0.543. The van der Waals surface area contributed by atoms with E-state index in [9.17, 15) is 0 Å². The van der Waals surface area contributed by atoms with E-state index < -0.39 is 0 Å². The van der Waals surface area contributed by atoms with E-state index in [4.69, 9.17) is 9.26 Å². The standard InChI is InChI=1S/C23H25N5O2/c1-13-5-7-19-21(30-27-22(19)24-4)20(13)16-6-8-18-17(9-16)10-25-26-23(18)28-11-15(3)29-12-14(28)2/h5-10,14-15H,11-12H2,1-4H3,(H,24,27). The first kappa shape index (κ1) is 18.8. The van der Waals surface area contributed by atoms with Gasteiger partial charge in [0.15, 0.2) is 17.2 Å². The van der Waals surface area contributed by atoms with Crippen molar-refractivity contribution < 1.29 is 9.26 Å². The van der Waals surface area contributed by atoms with Crippen molar-refractivity contribution in [1.82, 2.24) is 15.4 Å². The highest BCUT2D eigenvalue weighted by molar-refractivity contribution is 6.02. The molecule has 0 spiro atoms. The van der Waals surface area contributed by atoms with E-state index in [2.05, 4.69) is 70.6 Å². The highest BCUT2D eigenvalue weighted by Gasteiger charge is 2.26. The van der Waals surface area contributed by atoms with Gasteiger partial charge in [-0.3, -0.25) is 0 Å². The van der Waals surface area contributed by atoms with Gasteiger partial charge in [0.25, 0.3) is 0 Å². The van der Waals surface area contributed by atoms with Gasteiger partial charge in [-0.1, -0.05) is 17.3 Å². The monoisotopic (exact) mass is 403 g/mol. The average Bonchev–Trinajstić information content (AvgIpc) is 3.17. The number of aryl methyl sites for hydroxylation is 1. The number of morpholine rings is 1. The Balaban J connectivity index is 1.65. The molecule has 7 heteroatoms. The number of rotatable bonds is 3. The molecule has 2 aromatic carbocycles. The Bertz CT molecular complexity index is 1240. The number of anilines is 2. The van der Waals surface area contributed by atoms with Gasteiger partial charge in [-0.05, 0) is 50.1 Å². The minimum Gasteiger partial charge on any atom is -0.375 e. The molecule has 30 heavy (non-hydrogen) atoms. The number of nitrogens with zero attached hydrogens (tertiary/aromatic N) is 4. The number of aromatic nitrogens is 3. The van der Waals surface area contributed by atoms with Crippen LogP contribution in [0.3, 0.4) is 0 Å². The van der Waals surface area contributed by atoms with Crippen LogP contribution in [0.25, 0.3) is 32.9 Å². The van der Waals surface area contributed by atoms with Crippen molar-refractivity contribution >= 4 is 33.4 Å². The zero-order valence-corrected chi connectivity index (χ0v) is 17.6. The molecule has 1 fully saturated rings. The second-order valence-electron chi connectivity index (χ2n) is 8.03. The molecule has 5 rings (SSSR count). The zero-order chi connectivity index (χ0) is 20.8. The number of hydrogen-bond acceptors (Lipinski definition) is 7. The van der Waals surface area contributed by atoms with Crippen LogP contribution in [0.5, 0.6) is 0 Å². The van der Waals surface area contributed by atoms with Crippen LogP contribution in [0.1, 0.15) is 19.4 Å². The summed E-state index contributed by atoms with van der Waals surface area (Å²) in [6.07, 6.45) is 2.00. The highest BCUT2D eigenvalue weighted by atomic mass is 16.5. The van der Waals surface area contributed by atoms with E-state index in [1.807, 2.05) is 19.3 Å². The van der Waals surface area contributed by atoms with E-state index in [0.717, 1.165) is 56.6 Å². The van der Waals surface area contributed by atoms with Crippen LogP contribution in [-0.4, -0.2) is 47.7 Å². The first-order chi connectivity index (χ1) is 14.6. The normalized spacial score (nSPS) is 19.5. The van der Waals surface area contributed by atoms with Gasteiger partial charge in [0.1, 0.15) is 0 Å². The van der Waals surface area contributed by atoms with Crippen molar-refractivity contribution in [2.75, 3.05) is 30.4 Å². The maximum atomic E-state index is 5.78. The summed E-state index contributed by atoms with van der Waals surface area (Å²) in [4.78, 5) is 2.30. The summed E-state index contributed by atoms with van der Waals surface area (Å²) in [6, 6.07) is 10.8. The maximum absolute atomic E-state index is 5.78. The Kier molecular flexibility index (Phi) is 4.55. The molecule has 2 aromatic heterocycles. The summed E-state index contributed by atoms with van der Waals surface area (Å²) in [5.41, 5.74) is 4.05. The lowest BCUT2D eigenvalue weighted by molar-refractivity contribution is 0.0341. The van der Waals surface area contributed by atoms with E-state index in [1.165, 1.54) is 0 Å². The molecule has 0 saturated carbocycles. The van der Waals surface area contributed by atoms with Gasteiger partial charge in [0.05, 0.1) is 30.3 Å². The van der Waals surface area contributed by atoms with Gasteiger partial charge in [0, 0.05) is 29.9 Å². The molecule has 3 heterocycles. The van der Waals surface area contributed by atoms with Gasteiger partial charge < -0.3 is 19.5 Å². The smallest absolute Gasteiger partial charge is 0.177 e. The van der Waals surface area contributed by atoms with Crippen molar-refractivity contribution in [2.45, 2.75) is 32.9 Å². The minimum atomic E-state index is 0.172. The second-order valence-corrected chi connectivity index (χ2v) is 8.03. The van der Waals surface area contributed by atoms with E-state index in [-0.39, 0.29) is 12.1 Å². The molecule has 2 unspecified atom stereocenters. The predicted octanol–water partition coefficient (Wildman–Crippen LogP) is 4.40. The second kappa shape index (κ2) is 7.25. The van der Waals surface area contributed by atoms with Crippen LogP contribution < -0.4 is 10.2 Å². The van der Waals surface area contributed by atoms with Crippen molar-refractivity contribution in [3.8, 4) is 11.1 Å². The van der Waals surface area contributed by atoms with Crippen LogP contribution in [-0.2, 0) is 4.74 Å². The summed E-state index contributed by atoms with van der Waals surface area (Å²) >= 11 is 0. The van der Waals surface area contributed by atoms with Crippen LogP contribution in [0.2, 0.25) is 0 Å². The fourth-order valence-corrected chi connectivity index (χ4v) is 4.28. The molecular weight excluding hydrogens is 378 g/mol. The third-order valence-corrected chi connectivity index (χ3v) is 5.90. The Morgan fingerprint density at radius 3 is 2.80 bits per heavy atom. The van der Waals surface area contributed by atoms with Crippen LogP contribution in [0.4, 0.5) is 11.6 Å². The lowest BCUT2D eigenvalue weighted by Crippen LogP contribution is -2.48. The fraction of sp³-hybridized carbons (Fsp3) is 0.348. The SMILES string of the molecule is CNc1noc2c(-c3ccc4c(N5CC(C)OCC5C)nncc4c3)c(C)ccc12. The average molecular weight is 403 g/mol. The molecular formula is C23H25N5O2. The zero-order valence-electron chi connectivity index (χ0n) is 17.6. The topological polar surface area (TPSA) is 76.3 Å². The number of nitrogens with one attached hydrogen (secondary N) is 1. The molecule has 2 atom stereocenters. The molecule has 1 aliphatic rings. The number of hydrogen-bond donors (Lipinski definition) is 1. The van der Waals surface area contributed by atoms with E-state index in [0.29, 0.717) is 6.61 Å². The largest absolute Gasteiger partial charge is 0.375 e. The summed E-state index contributed by atoms with van der Waals surface area (Å²) in [6.45, 7) is 7.84. The summed E-state index contributed by atoms with van der Waals surface area (Å²) in [5.74, 6) is 1.66. The molecule has 7 nitrogen and oxygen atoms in total. The van der Waals surface area contributed by atoms with Gasteiger partial charge in [0.2, 0.25) is 0 Å². The number of benzene rings is 2. The first-order valence-corrected chi connectivity index (χ1v) is 10.3. The molecule has 1 aliphatic heterocycles. The summed E-state index contributed by atoms with van der Waals surface area (Å²) in [7, 11) is 1.85. The van der Waals surface area contributed by atoms with Gasteiger partial charge in [-0.2, -0.15) is 5.10 Å². The highest BCUT2D eigenvalue weighted by Crippen LogP contribution is 2.37. The molecule has 1 saturated heterocycles. The lowest BCUT2D eigenvalue weighted by Gasteiger charge is -2.37. The molecule has 0 amide bonds. The predicted molar refractivity (Wildman–Crippen MR) is 119 cm³/mol. The molecule has 0 radical (unpaired) electrons. The molecule has 0 aliphatic carbocycles. The Morgan fingerprint density at radius 1 is 1.13 bits per heavy atom. The number of ether oxygens (including phenoxy) is 1. The third-order valence-electron chi connectivity index (χ3n) is 5.90. The van der Waals surface area contributed by atoms with Crippen LogP contribution in [0, 0.1) is 6.92 Å². The molecule has 154 valence electrons. The van der Waals surface area contributed by atoms with E-state index >= 15 is 0 Å². The third kappa shape index (κ3) is 2.97. The summed E-state index contributed by atoms with van der Waals surface area (Å²) < 4.78 is 11.5.